The topological polar surface area (TPSA) is 113 Å². The van der Waals surface area contributed by atoms with Crippen LogP contribution in [0.3, 0.4) is 0 Å². The molecule has 0 bridgehead atoms. The highest BCUT2D eigenvalue weighted by molar-refractivity contribution is 5.75. The molecule has 1 saturated heterocycles. The molecule has 0 aliphatic carbocycles. The van der Waals surface area contributed by atoms with E-state index in [4.69, 9.17) is 15.5 Å². The molecule has 1 aliphatic rings. The number of fused-ring (bicyclic) bond motifs is 1. The molecule has 0 amide bonds. The summed E-state index contributed by atoms with van der Waals surface area (Å²) >= 11 is 0. The lowest BCUT2D eigenvalue weighted by atomic mass is 10.1. The van der Waals surface area contributed by atoms with Gasteiger partial charge in [-0.3, -0.25) is 23.5 Å². The molecule has 2 N–H and O–H groups in total. The van der Waals surface area contributed by atoms with Crippen molar-refractivity contribution in [3.8, 4) is 17.6 Å². The van der Waals surface area contributed by atoms with Crippen LogP contribution in [-0.2, 0) is 20.1 Å². The van der Waals surface area contributed by atoms with Crippen LogP contribution in [0.15, 0.2) is 27.9 Å². The first kappa shape index (κ1) is 21.6. The lowest BCUT2D eigenvalue weighted by molar-refractivity contribution is 0.412. The Kier molecular flexibility index (Phi) is 6.01. The standard InChI is InChI=1S/C22H27N7O3/c1-4-5-11-28-18-19(25-21(28)27-10-6-7-15(23)13-27)26(2)22(31)29(20(18)30)14-16-8-9-17(32-3)12-24-16/h8-9,12,15H,6-7,10-11,13-14,23H2,1-3H3. The van der Waals surface area contributed by atoms with Gasteiger partial charge in [0.25, 0.3) is 5.56 Å². The number of imidazole rings is 1. The average molecular weight is 438 g/mol. The van der Waals surface area contributed by atoms with Crippen molar-refractivity contribution in [1.29, 1.82) is 0 Å². The minimum Gasteiger partial charge on any atom is -0.495 e. The largest absolute Gasteiger partial charge is 0.495 e. The molecule has 0 radical (unpaired) electrons. The quantitative estimate of drug-likeness (QED) is 0.571. The minimum atomic E-state index is -0.451. The van der Waals surface area contributed by atoms with Crippen LogP contribution in [0.2, 0.25) is 0 Å². The first-order valence-electron chi connectivity index (χ1n) is 10.5. The summed E-state index contributed by atoms with van der Waals surface area (Å²) in [6.45, 7) is 3.51. The first-order chi connectivity index (χ1) is 15.4. The van der Waals surface area contributed by atoms with Crippen LogP contribution < -0.4 is 26.6 Å². The maximum Gasteiger partial charge on any atom is 0.332 e. The van der Waals surface area contributed by atoms with Crippen molar-refractivity contribution in [3.05, 3.63) is 44.9 Å². The molecule has 1 atom stereocenters. The van der Waals surface area contributed by atoms with Crippen molar-refractivity contribution in [3.63, 3.8) is 0 Å². The van der Waals surface area contributed by atoms with E-state index in [0.717, 1.165) is 19.4 Å². The van der Waals surface area contributed by atoms with E-state index >= 15 is 0 Å². The molecule has 4 rings (SSSR count). The van der Waals surface area contributed by atoms with Gasteiger partial charge in [0.15, 0.2) is 11.2 Å². The Balaban J connectivity index is 1.88. The predicted molar refractivity (Wildman–Crippen MR) is 122 cm³/mol. The summed E-state index contributed by atoms with van der Waals surface area (Å²) in [5, 5.41) is 0. The van der Waals surface area contributed by atoms with Gasteiger partial charge in [0, 0.05) is 26.2 Å². The second kappa shape index (κ2) is 8.88. The van der Waals surface area contributed by atoms with Gasteiger partial charge < -0.3 is 15.4 Å². The Morgan fingerprint density at radius 1 is 1.28 bits per heavy atom. The number of piperidine rings is 1. The van der Waals surface area contributed by atoms with Crippen molar-refractivity contribution in [2.45, 2.75) is 38.9 Å². The second-order valence-electron chi connectivity index (χ2n) is 7.87. The van der Waals surface area contributed by atoms with Crippen LogP contribution in [0.5, 0.6) is 5.75 Å². The summed E-state index contributed by atoms with van der Waals surface area (Å²) < 4.78 is 9.51. The van der Waals surface area contributed by atoms with Gasteiger partial charge in [-0.25, -0.2) is 4.79 Å². The maximum atomic E-state index is 13.5. The van der Waals surface area contributed by atoms with E-state index < -0.39 is 11.2 Å². The highest BCUT2D eigenvalue weighted by atomic mass is 16.5. The molecule has 0 spiro atoms. The second-order valence-corrected chi connectivity index (χ2v) is 7.87. The van der Waals surface area contributed by atoms with Crippen molar-refractivity contribution in [2.75, 3.05) is 25.1 Å². The zero-order valence-electron chi connectivity index (χ0n) is 18.5. The van der Waals surface area contributed by atoms with Crippen LogP contribution in [0.1, 0.15) is 25.5 Å². The Morgan fingerprint density at radius 3 is 2.75 bits per heavy atom. The zero-order chi connectivity index (χ0) is 22.8. The molecule has 3 aromatic rings. The molecule has 1 unspecified atom stereocenters. The predicted octanol–water partition coefficient (Wildman–Crippen LogP) is 0.299. The first-order valence-corrected chi connectivity index (χ1v) is 10.5. The van der Waals surface area contributed by atoms with Crippen LogP contribution in [0.25, 0.3) is 11.2 Å². The number of hydrogen-bond acceptors (Lipinski definition) is 7. The third-order valence-corrected chi connectivity index (χ3v) is 5.72. The Bertz CT molecular complexity index is 1310. The molecule has 3 aromatic heterocycles. The van der Waals surface area contributed by atoms with Gasteiger partial charge in [0.1, 0.15) is 5.75 Å². The monoisotopic (exact) mass is 437 g/mol. The van der Waals surface area contributed by atoms with Gasteiger partial charge in [-0.05, 0) is 31.9 Å². The van der Waals surface area contributed by atoms with Gasteiger partial charge in [0.2, 0.25) is 5.95 Å². The van der Waals surface area contributed by atoms with E-state index in [1.165, 1.54) is 9.13 Å². The van der Waals surface area contributed by atoms with E-state index in [9.17, 15) is 9.59 Å². The van der Waals surface area contributed by atoms with Crippen LogP contribution >= 0.6 is 0 Å². The number of pyridine rings is 1. The van der Waals surface area contributed by atoms with Gasteiger partial charge in [-0.1, -0.05) is 5.92 Å². The summed E-state index contributed by atoms with van der Waals surface area (Å²) in [6.07, 6.45) is 3.45. The number of nitrogens with zero attached hydrogens (tertiary/aromatic N) is 6. The number of aryl methyl sites for hydroxylation is 1. The Hall–Kier alpha value is -3.58. The van der Waals surface area contributed by atoms with E-state index in [-0.39, 0.29) is 12.6 Å². The molecule has 10 heteroatoms. The van der Waals surface area contributed by atoms with Crippen LogP contribution in [0.4, 0.5) is 5.95 Å². The van der Waals surface area contributed by atoms with E-state index in [2.05, 4.69) is 21.7 Å². The number of methoxy groups -OCH3 is 1. The van der Waals surface area contributed by atoms with Crippen molar-refractivity contribution >= 4 is 17.1 Å². The van der Waals surface area contributed by atoms with Gasteiger partial charge in [0.05, 0.1) is 32.1 Å². The van der Waals surface area contributed by atoms with Gasteiger partial charge >= 0.3 is 5.69 Å². The molecule has 10 nitrogen and oxygen atoms in total. The third kappa shape index (κ3) is 3.87. The van der Waals surface area contributed by atoms with Gasteiger partial charge in [-0.2, -0.15) is 4.98 Å². The molecular weight excluding hydrogens is 410 g/mol. The van der Waals surface area contributed by atoms with E-state index in [1.807, 2.05) is 0 Å². The molecule has 168 valence electrons. The maximum absolute atomic E-state index is 13.5. The highest BCUT2D eigenvalue weighted by Crippen LogP contribution is 2.22. The third-order valence-electron chi connectivity index (χ3n) is 5.72. The number of rotatable bonds is 5. The Labute approximate surface area is 185 Å². The van der Waals surface area contributed by atoms with Crippen LogP contribution in [0, 0.1) is 11.8 Å². The molecule has 4 heterocycles. The molecule has 1 aliphatic heterocycles. The number of anilines is 1. The Morgan fingerprint density at radius 2 is 2.09 bits per heavy atom. The SMILES string of the molecule is CC#CCn1c(N2CCCC(N)C2)nc2c1c(=O)n(Cc1ccc(OC)cn1)c(=O)n2C. The fraction of sp³-hybridized carbons (Fsp3) is 0.455. The van der Waals surface area contributed by atoms with Crippen molar-refractivity contribution in [2.24, 2.45) is 12.8 Å². The van der Waals surface area contributed by atoms with E-state index in [1.54, 1.807) is 44.0 Å². The summed E-state index contributed by atoms with van der Waals surface area (Å²) in [5.41, 5.74) is 6.57. The number of aromatic nitrogens is 5. The molecule has 0 saturated carbocycles. The molecule has 0 aromatic carbocycles. The number of hydrogen-bond donors (Lipinski definition) is 1. The molecule has 32 heavy (non-hydrogen) atoms. The average Bonchev–Trinajstić information content (AvgIpc) is 3.19. The van der Waals surface area contributed by atoms with Crippen molar-refractivity contribution in [1.82, 2.24) is 23.7 Å². The lowest BCUT2D eigenvalue weighted by Crippen LogP contribution is -2.44. The molecular formula is C22H27N7O3. The fourth-order valence-electron chi connectivity index (χ4n) is 4.03. The summed E-state index contributed by atoms with van der Waals surface area (Å²) in [7, 11) is 3.18. The molecule has 1 fully saturated rings. The zero-order valence-corrected chi connectivity index (χ0v) is 18.5. The fourth-order valence-corrected chi connectivity index (χ4v) is 4.03. The highest BCUT2D eigenvalue weighted by Gasteiger charge is 2.26. The number of ether oxygens (including phenoxy) is 1. The van der Waals surface area contributed by atoms with Crippen LogP contribution in [-0.4, -0.2) is 49.9 Å². The summed E-state index contributed by atoms with van der Waals surface area (Å²) in [5.74, 6) is 7.13. The smallest absolute Gasteiger partial charge is 0.332 e. The number of nitrogens with two attached hydrogens (primary N) is 1. The summed E-state index contributed by atoms with van der Waals surface area (Å²) in [6, 6.07) is 3.51. The summed E-state index contributed by atoms with van der Waals surface area (Å²) in [4.78, 5) is 37.6. The van der Waals surface area contributed by atoms with Gasteiger partial charge in [-0.15, -0.1) is 5.92 Å². The lowest BCUT2D eigenvalue weighted by Gasteiger charge is -2.31. The van der Waals surface area contributed by atoms with E-state index in [0.29, 0.717) is 41.6 Å². The van der Waals surface area contributed by atoms with Crippen molar-refractivity contribution < 1.29 is 4.74 Å². The minimum absolute atomic E-state index is 0.0379. The normalized spacial score (nSPS) is 16.1.